The molecule has 0 heterocycles. The standard InChI is InChI=1S/C24H44N2O3/c1-4-6-8-9-10-11-12-13-14-15-16-18-20-25-24(29)23(28)21(3)26-22(27)19-17-7-5-2/h5,7,17,19,21,23,28H,4,6,8-16,18,20H2,1-3H3,(H,25,29)(H,26,27)/b7-5+,19-17+/t21-,23+/m0/s1. The Hall–Kier alpha value is -1.62. The van der Waals surface area contributed by atoms with Crippen LogP contribution in [-0.2, 0) is 9.59 Å². The molecule has 0 radical (unpaired) electrons. The maximum absolute atomic E-state index is 12.0. The molecule has 29 heavy (non-hydrogen) atoms. The summed E-state index contributed by atoms with van der Waals surface area (Å²) in [4.78, 5) is 23.7. The van der Waals surface area contributed by atoms with Crippen LogP contribution in [0.4, 0.5) is 0 Å². The number of unbranched alkanes of at least 4 members (excludes halogenated alkanes) is 11. The van der Waals surface area contributed by atoms with Gasteiger partial charge in [-0.2, -0.15) is 0 Å². The van der Waals surface area contributed by atoms with Crippen LogP contribution in [0.25, 0.3) is 0 Å². The second-order valence-electron chi connectivity index (χ2n) is 7.81. The number of carbonyl (C=O) groups is 2. The van der Waals surface area contributed by atoms with E-state index in [4.69, 9.17) is 0 Å². The van der Waals surface area contributed by atoms with E-state index in [1.807, 2.05) is 13.0 Å². The minimum atomic E-state index is -1.24. The molecule has 0 saturated heterocycles. The van der Waals surface area contributed by atoms with Crippen LogP contribution < -0.4 is 10.6 Å². The fourth-order valence-electron chi connectivity index (χ4n) is 3.11. The van der Waals surface area contributed by atoms with Gasteiger partial charge in [0.15, 0.2) is 6.10 Å². The first kappa shape index (κ1) is 27.4. The summed E-state index contributed by atoms with van der Waals surface area (Å²) >= 11 is 0. The lowest BCUT2D eigenvalue weighted by molar-refractivity contribution is -0.131. The van der Waals surface area contributed by atoms with Crippen molar-refractivity contribution >= 4 is 11.8 Å². The van der Waals surface area contributed by atoms with Gasteiger partial charge in [-0.05, 0) is 20.3 Å². The predicted octanol–water partition coefficient (Wildman–Crippen LogP) is 4.80. The molecule has 0 aliphatic heterocycles. The molecule has 0 aliphatic carbocycles. The molecule has 0 spiro atoms. The van der Waals surface area contributed by atoms with Crippen molar-refractivity contribution in [3.63, 3.8) is 0 Å². The van der Waals surface area contributed by atoms with Gasteiger partial charge in [0, 0.05) is 12.6 Å². The summed E-state index contributed by atoms with van der Waals surface area (Å²) in [5, 5.41) is 15.4. The first-order valence-electron chi connectivity index (χ1n) is 11.6. The van der Waals surface area contributed by atoms with E-state index in [1.54, 1.807) is 19.1 Å². The number of allylic oxidation sites excluding steroid dienone is 3. The number of aliphatic hydroxyl groups excluding tert-OH is 1. The number of hydrogen-bond donors (Lipinski definition) is 3. The third-order valence-electron chi connectivity index (χ3n) is 4.99. The fraction of sp³-hybridized carbons (Fsp3) is 0.750. The van der Waals surface area contributed by atoms with Gasteiger partial charge in [0.2, 0.25) is 5.91 Å². The highest BCUT2D eigenvalue weighted by Crippen LogP contribution is 2.11. The second-order valence-corrected chi connectivity index (χ2v) is 7.81. The molecule has 0 aromatic heterocycles. The Morgan fingerprint density at radius 3 is 1.90 bits per heavy atom. The Bertz CT molecular complexity index is 475. The molecule has 0 fully saturated rings. The molecule has 5 nitrogen and oxygen atoms in total. The zero-order valence-corrected chi connectivity index (χ0v) is 18.9. The average Bonchev–Trinajstić information content (AvgIpc) is 2.70. The highest BCUT2D eigenvalue weighted by Gasteiger charge is 2.22. The van der Waals surface area contributed by atoms with Crippen molar-refractivity contribution in [2.45, 2.75) is 110 Å². The first-order valence-corrected chi connectivity index (χ1v) is 11.6. The Labute approximate surface area is 178 Å². The molecular weight excluding hydrogens is 364 g/mol. The van der Waals surface area contributed by atoms with E-state index in [-0.39, 0.29) is 5.91 Å². The van der Waals surface area contributed by atoms with Crippen LogP contribution in [0.3, 0.4) is 0 Å². The molecule has 168 valence electrons. The van der Waals surface area contributed by atoms with Gasteiger partial charge in [0.05, 0.1) is 6.04 Å². The van der Waals surface area contributed by atoms with Gasteiger partial charge in [-0.25, -0.2) is 0 Å². The molecule has 3 N–H and O–H groups in total. The van der Waals surface area contributed by atoms with Crippen molar-refractivity contribution in [3.05, 3.63) is 24.3 Å². The average molecular weight is 409 g/mol. The summed E-state index contributed by atoms with van der Waals surface area (Å²) in [5.74, 6) is -0.762. The molecular formula is C24H44N2O3. The molecule has 0 unspecified atom stereocenters. The van der Waals surface area contributed by atoms with E-state index in [2.05, 4.69) is 17.6 Å². The summed E-state index contributed by atoms with van der Waals surface area (Å²) in [6.07, 6.45) is 20.6. The van der Waals surface area contributed by atoms with Gasteiger partial charge in [0.1, 0.15) is 0 Å². The van der Waals surface area contributed by atoms with Crippen LogP contribution >= 0.6 is 0 Å². The SMILES string of the molecule is C/C=C/C=C/C(=O)N[C@@H](C)[C@@H](O)C(=O)NCCCCCCCCCCCCCC. The zero-order chi connectivity index (χ0) is 21.7. The molecule has 2 amide bonds. The molecule has 0 aromatic rings. The maximum Gasteiger partial charge on any atom is 0.250 e. The summed E-state index contributed by atoms with van der Waals surface area (Å²) in [7, 11) is 0. The van der Waals surface area contributed by atoms with Gasteiger partial charge in [-0.15, -0.1) is 0 Å². The lowest BCUT2D eigenvalue weighted by atomic mass is 10.1. The van der Waals surface area contributed by atoms with Crippen molar-refractivity contribution in [2.75, 3.05) is 6.54 Å². The summed E-state index contributed by atoms with van der Waals surface area (Å²) < 4.78 is 0. The predicted molar refractivity (Wildman–Crippen MR) is 122 cm³/mol. The Morgan fingerprint density at radius 1 is 0.862 bits per heavy atom. The molecule has 5 heteroatoms. The lowest BCUT2D eigenvalue weighted by Crippen LogP contribution is -2.48. The minimum Gasteiger partial charge on any atom is -0.381 e. The largest absolute Gasteiger partial charge is 0.381 e. The van der Waals surface area contributed by atoms with Crippen LogP contribution in [0.15, 0.2) is 24.3 Å². The zero-order valence-electron chi connectivity index (χ0n) is 18.9. The number of carbonyl (C=O) groups excluding carboxylic acids is 2. The third-order valence-corrected chi connectivity index (χ3v) is 4.99. The van der Waals surface area contributed by atoms with Crippen LogP contribution in [0.5, 0.6) is 0 Å². The quantitative estimate of drug-likeness (QED) is 0.173. The van der Waals surface area contributed by atoms with Gasteiger partial charge in [0.25, 0.3) is 5.91 Å². The van der Waals surface area contributed by atoms with Crippen molar-refractivity contribution < 1.29 is 14.7 Å². The normalized spacial score (nSPS) is 13.7. The van der Waals surface area contributed by atoms with Crippen molar-refractivity contribution in [3.8, 4) is 0 Å². The van der Waals surface area contributed by atoms with Gasteiger partial charge in [-0.3, -0.25) is 9.59 Å². The summed E-state index contributed by atoms with van der Waals surface area (Å²) in [6.45, 7) is 6.29. The first-order chi connectivity index (χ1) is 14.0. The minimum absolute atomic E-state index is 0.330. The molecule has 0 bridgehead atoms. The fourth-order valence-corrected chi connectivity index (χ4v) is 3.11. The van der Waals surface area contributed by atoms with Crippen LogP contribution in [0, 0.1) is 0 Å². The van der Waals surface area contributed by atoms with E-state index >= 15 is 0 Å². The van der Waals surface area contributed by atoms with Gasteiger partial charge in [-0.1, -0.05) is 95.8 Å². The monoisotopic (exact) mass is 408 g/mol. The van der Waals surface area contributed by atoms with E-state index in [0.29, 0.717) is 6.54 Å². The number of amides is 2. The van der Waals surface area contributed by atoms with Gasteiger partial charge < -0.3 is 15.7 Å². The van der Waals surface area contributed by atoms with E-state index in [1.165, 1.54) is 70.3 Å². The van der Waals surface area contributed by atoms with E-state index in [0.717, 1.165) is 12.8 Å². The lowest BCUT2D eigenvalue weighted by Gasteiger charge is -2.19. The Morgan fingerprint density at radius 2 is 1.38 bits per heavy atom. The van der Waals surface area contributed by atoms with Crippen LogP contribution in [-0.4, -0.2) is 35.6 Å². The van der Waals surface area contributed by atoms with Crippen LogP contribution in [0.2, 0.25) is 0 Å². The number of nitrogens with one attached hydrogen (secondary N) is 2. The Balaban J connectivity index is 3.64. The Kier molecular flexibility index (Phi) is 18.6. The van der Waals surface area contributed by atoms with Crippen molar-refractivity contribution in [1.82, 2.24) is 10.6 Å². The smallest absolute Gasteiger partial charge is 0.250 e. The number of rotatable bonds is 18. The highest BCUT2D eigenvalue weighted by atomic mass is 16.3. The highest BCUT2D eigenvalue weighted by molar-refractivity contribution is 5.89. The molecule has 0 aliphatic rings. The topological polar surface area (TPSA) is 78.4 Å². The molecule has 0 rings (SSSR count). The molecule has 0 saturated carbocycles. The number of aliphatic hydroxyl groups is 1. The van der Waals surface area contributed by atoms with Crippen LogP contribution in [0.1, 0.15) is 97.8 Å². The molecule has 2 atom stereocenters. The summed E-state index contributed by atoms with van der Waals surface area (Å²) in [6, 6.07) is -0.639. The maximum atomic E-state index is 12.0. The van der Waals surface area contributed by atoms with Crippen molar-refractivity contribution in [1.29, 1.82) is 0 Å². The second kappa shape index (κ2) is 19.7. The molecule has 0 aromatic carbocycles. The number of hydrogen-bond acceptors (Lipinski definition) is 3. The van der Waals surface area contributed by atoms with E-state index in [9.17, 15) is 14.7 Å². The van der Waals surface area contributed by atoms with Crippen molar-refractivity contribution in [2.24, 2.45) is 0 Å². The van der Waals surface area contributed by atoms with E-state index < -0.39 is 18.1 Å². The van der Waals surface area contributed by atoms with Gasteiger partial charge >= 0.3 is 0 Å². The third kappa shape index (κ3) is 17.0. The summed E-state index contributed by atoms with van der Waals surface area (Å²) in [5.41, 5.74) is 0.